The van der Waals surface area contributed by atoms with Crippen molar-refractivity contribution in [2.75, 3.05) is 0 Å². The number of hydrogen-bond donors (Lipinski definition) is 0. The van der Waals surface area contributed by atoms with E-state index >= 15 is 0 Å². The van der Waals surface area contributed by atoms with Crippen molar-refractivity contribution < 1.29 is 9.31 Å². The minimum atomic E-state index is -0.233. The molecule has 3 aliphatic carbocycles. The quantitative estimate of drug-likeness (QED) is 0.675. The number of rotatable bonds is 3. The first kappa shape index (κ1) is 16.9. The summed E-state index contributed by atoms with van der Waals surface area (Å²) in [7, 11) is -0.123. The van der Waals surface area contributed by atoms with Gasteiger partial charge in [0.25, 0.3) is 0 Å². The average Bonchev–Trinajstić information content (AvgIpc) is 3.06. The Morgan fingerprint density at radius 3 is 1.71 bits per heavy atom. The van der Waals surface area contributed by atoms with Crippen LogP contribution in [0.3, 0.4) is 0 Å². The molecule has 1 saturated heterocycles. The van der Waals surface area contributed by atoms with E-state index in [4.69, 9.17) is 9.31 Å². The summed E-state index contributed by atoms with van der Waals surface area (Å²) >= 11 is 0. The van der Waals surface area contributed by atoms with Crippen LogP contribution in [0.15, 0.2) is 0 Å². The van der Waals surface area contributed by atoms with Gasteiger partial charge in [-0.05, 0) is 57.3 Å². The smallest absolute Gasteiger partial charge is 0.405 e. The van der Waals surface area contributed by atoms with Crippen molar-refractivity contribution in [2.45, 2.75) is 102 Å². The van der Waals surface area contributed by atoms with Crippen LogP contribution in [0.5, 0.6) is 0 Å². The van der Waals surface area contributed by atoms with E-state index in [0.717, 1.165) is 12.8 Å². The van der Waals surface area contributed by atoms with Gasteiger partial charge >= 0.3 is 7.12 Å². The van der Waals surface area contributed by atoms with Gasteiger partial charge in [-0.25, -0.2) is 0 Å². The Kier molecular flexibility index (Phi) is 4.94. The van der Waals surface area contributed by atoms with Gasteiger partial charge < -0.3 is 9.31 Å². The molecule has 24 heavy (non-hydrogen) atoms. The first-order valence-electron chi connectivity index (χ1n) is 10.4. The Hall–Kier alpha value is -0.525. The van der Waals surface area contributed by atoms with Crippen molar-refractivity contribution in [1.82, 2.24) is 0 Å². The lowest BCUT2D eigenvalue weighted by Crippen LogP contribution is -2.43. The molecular weight excluding hydrogens is 297 g/mol. The van der Waals surface area contributed by atoms with Crippen LogP contribution >= 0.6 is 0 Å². The summed E-state index contributed by atoms with van der Waals surface area (Å²) in [5.41, 5.74) is -0.233. The summed E-state index contributed by atoms with van der Waals surface area (Å²) in [6, 6.07) is 2.53. The zero-order chi connectivity index (χ0) is 16.6. The summed E-state index contributed by atoms with van der Waals surface area (Å²) in [4.78, 5) is 0. The summed E-state index contributed by atoms with van der Waals surface area (Å²) in [5, 5.41) is 9.54. The number of nitriles is 1. The molecule has 0 unspecified atom stereocenters. The van der Waals surface area contributed by atoms with Gasteiger partial charge in [0.15, 0.2) is 0 Å². The first-order chi connectivity index (χ1) is 11.7. The fourth-order valence-corrected chi connectivity index (χ4v) is 5.69. The van der Waals surface area contributed by atoms with E-state index in [1.165, 1.54) is 64.2 Å². The molecule has 4 aliphatic rings. The molecule has 0 amide bonds. The van der Waals surface area contributed by atoms with E-state index in [2.05, 4.69) is 13.0 Å². The zero-order valence-electron chi connectivity index (χ0n) is 15.2. The van der Waals surface area contributed by atoms with Gasteiger partial charge in [-0.1, -0.05) is 38.5 Å². The van der Waals surface area contributed by atoms with Crippen molar-refractivity contribution in [3.8, 4) is 6.07 Å². The lowest BCUT2D eigenvalue weighted by atomic mass is 9.47. The van der Waals surface area contributed by atoms with Gasteiger partial charge in [0.2, 0.25) is 0 Å². The molecule has 0 spiro atoms. The zero-order valence-corrected chi connectivity index (χ0v) is 15.2. The highest BCUT2D eigenvalue weighted by molar-refractivity contribution is 6.48. The Morgan fingerprint density at radius 1 is 0.833 bits per heavy atom. The fraction of sp³-hybridized carbons (Fsp3) is 0.950. The highest BCUT2D eigenvalue weighted by Gasteiger charge is 2.57. The lowest BCUT2D eigenvalue weighted by molar-refractivity contribution is 0.0324. The number of nitrogens with zero attached hydrogens (tertiary/aromatic N) is 1. The van der Waals surface area contributed by atoms with Crippen LogP contribution in [-0.4, -0.2) is 19.3 Å². The molecule has 0 aromatic carbocycles. The molecule has 4 fully saturated rings. The Bertz CT molecular complexity index is 455. The molecule has 0 aromatic heterocycles. The van der Waals surface area contributed by atoms with Crippen LogP contribution in [-0.2, 0) is 9.31 Å². The van der Waals surface area contributed by atoms with Crippen LogP contribution in [0.25, 0.3) is 0 Å². The molecule has 1 heterocycles. The highest BCUT2D eigenvalue weighted by Crippen LogP contribution is 2.55. The van der Waals surface area contributed by atoms with Gasteiger partial charge in [-0.2, -0.15) is 5.26 Å². The first-order valence-corrected chi connectivity index (χ1v) is 10.4. The maximum Gasteiger partial charge on any atom is 0.462 e. The van der Waals surface area contributed by atoms with Gasteiger partial charge in [-0.3, -0.25) is 0 Å². The normalized spacial score (nSPS) is 41.8. The minimum absolute atomic E-state index is 0.123. The second-order valence-electron chi connectivity index (χ2n) is 9.04. The molecule has 0 radical (unpaired) electrons. The van der Waals surface area contributed by atoms with E-state index in [0.29, 0.717) is 24.0 Å². The third-order valence-electron chi connectivity index (χ3n) is 7.51. The molecule has 4 rings (SSSR count). The number of hydrogen-bond acceptors (Lipinski definition) is 3. The maximum atomic E-state index is 9.54. The standard InChI is InChI=1S/C20H32BNO2/c1-20(14-22)13-12-17(20)21-23-18(15-8-4-2-5-9-15)19(24-21)16-10-6-3-7-11-16/h15-19H,2-13H2,1H3/t17-,18+,19+,20-/m0/s1. The van der Waals surface area contributed by atoms with Crippen molar-refractivity contribution >= 4 is 7.12 Å². The Balaban J connectivity index is 1.50. The third kappa shape index (κ3) is 3.03. The summed E-state index contributed by atoms with van der Waals surface area (Å²) in [6.07, 6.45) is 16.1. The van der Waals surface area contributed by atoms with E-state index in [-0.39, 0.29) is 18.4 Å². The average molecular weight is 329 g/mol. The topological polar surface area (TPSA) is 42.2 Å². The minimum Gasteiger partial charge on any atom is -0.405 e. The summed E-state index contributed by atoms with van der Waals surface area (Å²) < 4.78 is 13.2. The van der Waals surface area contributed by atoms with Gasteiger partial charge in [0.05, 0.1) is 23.7 Å². The molecule has 3 saturated carbocycles. The molecule has 1 aliphatic heterocycles. The second kappa shape index (κ2) is 7.00. The molecule has 0 aromatic rings. The molecule has 4 atom stereocenters. The predicted octanol–water partition coefficient (Wildman–Crippen LogP) is 5.11. The SMILES string of the molecule is C[C@@]1(C#N)CC[C@@H]1B1O[C@H](C2CCCCC2)[C@@H](C2CCCCC2)O1. The summed E-state index contributed by atoms with van der Waals surface area (Å²) in [5.74, 6) is 1.65. The van der Waals surface area contributed by atoms with Gasteiger partial charge in [0, 0.05) is 5.82 Å². The van der Waals surface area contributed by atoms with Crippen LogP contribution in [0, 0.1) is 28.6 Å². The lowest BCUT2D eigenvalue weighted by Gasteiger charge is -2.42. The molecule has 0 bridgehead atoms. The van der Waals surface area contributed by atoms with E-state index < -0.39 is 0 Å². The molecule has 132 valence electrons. The highest BCUT2D eigenvalue weighted by atomic mass is 16.7. The third-order valence-corrected chi connectivity index (χ3v) is 7.51. The predicted molar refractivity (Wildman–Crippen MR) is 95.4 cm³/mol. The van der Waals surface area contributed by atoms with Crippen molar-refractivity contribution in [3.63, 3.8) is 0 Å². The van der Waals surface area contributed by atoms with E-state index in [9.17, 15) is 5.26 Å². The fourth-order valence-electron chi connectivity index (χ4n) is 5.69. The maximum absolute atomic E-state index is 9.54. The van der Waals surface area contributed by atoms with Crippen molar-refractivity contribution in [3.05, 3.63) is 0 Å². The largest absolute Gasteiger partial charge is 0.462 e. The van der Waals surface area contributed by atoms with Crippen LogP contribution in [0.4, 0.5) is 0 Å². The van der Waals surface area contributed by atoms with Crippen molar-refractivity contribution in [2.24, 2.45) is 17.3 Å². The summed E-state index contributed by atoms with van der Waals surface area (Å²) in [6.45, 7) is 2.09. The van der Waals surface area contributed by atoms with Crippen molar-refractivity contribution in [1.29, 1.82) is 5.26 Å². The van der Waals surface area contributed by atoms with Crippen LogP contribution < -0.4 is 0 Å². The Morgan fingerprint density at radius 2 is 1.33 bits per heavy atom. The Labute approximate surface area is 147 Å². The molecular formula is C20H32BNO2. The molecule has 4 heteroatoms. The van der Waals surface area contributed by atoms with Gasteiger partial charge in [0.1, 0.15) is 0 Å². The second-order valence-corrected chi connectivity index (χ2v) is 9.04. The van der Waals surface area contributed by atoms with Gasteiger partial charge in [-0.15, -0.1) is 0 Å². The van der Waals surface area contributed by atoms with Crippen LogP contribution in [0.2, 0.25) is 5.82 Å². The van der Waals surface area contributed by atoms with Crippen LogP contribution in [0.1, 0.15) is 84.0 Å². The van der Waals surface area contributed by atoms with E-state index in [1.807, 2.05) is 0 Å². The van der Waals surface area contributed by atoms with E-state index in [1.54, 1.807) is 0 Å². The monoisotopic (exact) mass is 329 g/mol. The molecule has 0 N–H and O–H groups in total. The molecule has 3 nitrogen and oxygen atoms in total.